The standard InChI is InChI=1S/C20H24N2O5/c1-5-9-26-16-10-13(7-8-15(16)24-4)18-14(11-21)19(22)27-12(3)17(18)20(23)25-6-2/h7-8,10,18H,5-6,9,22H2,1-4H3. The molecule has 2 N–H and O–H groups in total. The molecule has 7 nitrogen and oxygen atoms in total. The normalized spacial score (nSPS) is 16.5. The zero-order valence-electron chi connectivity index (χ0n) is 16.0. The third kappa shape index (κ3) is 4.17. The van der Waals surface area contributed by atoms with Gasteiger partial charge in [-0.25, -0.2) is 4.79 Å². The Morgan fingerprint density at radius 2 is 2.07 bits per heavy atom. The molecular formula is C20H24N2O5. The first kappa shape index (κ1) is 20.2. The minimum absolute atomic E-state index is 0.0279. The number of allylic oxidation sites excluding steroid dienone is 2. The molecule has 0 aliphatic carbocycles. The molecule has 7 heteroatoms. The summed E-state index contributed by atoms with van der Waals surface area (Å²) in [5.41, 5.74) is 6.96. The van der Waals surface area contributed by atoms with Crippen molar-refractivity contribution in [3.63, 3.8) is 0 Å². The van der Waals surface area contributed by atoms with Crippen LogP contribution in [0.4, 0.5) is 0 Å². The summed E-state index contributed by atoms with van der Waals surface area (Å²) in [5, 5.41) is 9.62. The van der Waals surface area contributed by atoms with Gasteiger partial charge in [-0.05, 0) is 38.0 Å². The third-order valence-electron chi connectivity index (χ3n) is 4.08. The largest absolute Gasteiger partial charge is 0.493 e. The maximum atomic E-state index is 12.6. The van der Waals surface area contributed by atoms with Gasteiger partial charge in [-0.1, -0.05) is 13.0 Å². The Hall–Kier alpha value is -3.14. The number of ether oxygens (including phenoxy) is 4. The van der Waals surface area contributed by atoms with Crippen molar-refractivity contribution in [1.82, 2.24) is 0 Å². The maximum absolute atomic E-state index is 12.6. The maximum Gasteiger partial charge on any atom is 0.338 e. The van der Waals surface area contributed by atoms with Crippen LogP contribution in [-0.4, -0.2) is 26.3 Å². The molecule has 0 saturated carbocycles. The summed E-state index contributed by atoms with van der Waals surface area (Å²) in [7, 11) is 1.55. The molecule has 1 aromatic carbocycles. The monoisotopic (exact) mass is 372 g/mol. The van der Waals surface area contributed by atoms with E-state index in [-0.39, 0.29) is 23.6 Å². The topological polar surface area (TPSA) is 104 Å². The molecule has 1 aliphatic rings. The summed E-state index contributed by atoms with van der Waals surface area (Å²) < 4.78 is 21.7. The van der Waals surface area contributed by atoms with E-state index in [1.54, 1.807) is 39.2 Å². The second kappa shape index (κ2) is 8.99. The number of nitrogens with two attached hydrogens (primary N) is 1. The highest BCUT2D eigenvalue weighted by atomic mass is 16.5. The Kier molecular flexibility index (Phi) is 6.72. The van der Waals surface area contributed by atoms with Crippen LogP contribution < -0.4 is 15.2 Å². The van der Waals surface area contributed by atoms with Gasteiger partial charge in [0.2, 0.25) is 5.88 Å². The molecule has 0 fully saturated rings. The highest BCUT2D eigenvalue weighted by Gasteiger charge is 2.36. The molecule has 0 bridgehead atoms. The molecule has 0 radical (unpaired) electrons. The van der Waals surface area contributed by atoms with Crippen molar-refractivity contribution in [1.29, 1.82) is 5.26 Å². The number of nitriles is 1. The molecule has 0 aromatic heterocycles. The molecular weight excluding hydrogens is 348 g/mol. The lowest BCUT2D eigenvalue weighted by Crippen LogP contribution is -2.25. The number of rotatable bonds is 7. The lowest BCUT2D eigenvalue weighted by atomic mass is 9.83. The fraction of sp³-hybridized carbons (Fsp3) is 0.400. The zero-order valence-corrected chi connectivity index (χ0v) is 16.0. The number of carbonyl (C=O) groups is 1. The van der Waals surface area contributed by atoms with Crippen molar-refractivity contribution in [2.75, 3.05) is 20.3 Å². The van der Waals surface area contributed by atoms with E-state index in [0.29, 0.717) is 29.4 Å². The van der Waals surface area contributed by atoms with Crippen molar-refractivity contribution < 1.29 is 23.7 Å². The molecule has 1 heterocycles. The minimum atomic E-state index is -0.710. The summed E-state index contributed by atoms with van der Waals surface area (Å²) in [6.45, 7) is 6.05. The van der Waals surface area contributed by atoms with E-state index < -0.39 is 11.9 Å². The van der Waals surface area contributed by atoms with Crippen LogP contribution in [0.5, 0.6) is 11.5 Å². The minimum Gasteiger partial charge on any atom is -0.493 e. The van der Waals surface area contributed by atoms with Crippen LogP contribution in [0.2, 0.25) is 0 Å². The van der Waals surface area contributed by atoms with Gasteiger partial charge in [0.25, 0.3) is 0 Å². The van der Waals surface area contributed by atoms with E-state index in [1.807, 2.05) is 6.92 Å². The molecule has 1 aromatic rings. The van der Waals surface area contributed by atoms with Crippen LogP contribution in [0.15, 0.2) is 41.0 Å². The van der Waals surface area contributed by atoms with Crippen LogP contribution in [0, 0.1) is 11.3 Å². The quantitative estimate of drug-likeness (QED) is 0.733. The van der Waals surface area contributed by atoms with Gasteiger partial charge in [0, 0.05) is 0 Å². The highest BCUT2D eigenvalue weighted by molar-refractivity contribution is 5.92. The van der Waals surface area contributed by atoms with Gasteiger partial charge in [0.15, 0.2) is 11.5 Å². The van der Waals surface area contributed by atoms with Gasteiger partial charge in [-0.3, -0.25) is 0 Å². The number of carbonyl (C=O) groups excluding carboxylic acids is 1. The van der Waals surface area contributed by atoms with Gasteiger partial charge in [0.1, 0.15) is 17.4 Å². The number of hydrogen-bond donors (Lipinski definition) is 1. The second-order valence-electron chi connectivity index (χ2n) is 5.87. The molecule has 1 aliphatic heterocycles. The molecule has 144 valence electrons. The number of nitrogens with zero attached hydrogens (tertiary/aromatic N) is 1. The number of methoxy groups -OCH3 is 1. The average Bonchev–Trinajstić information content (AvgIpc) is 2.65. The summed E-state index contributed by atoms with van der Waals surface area (Å²) in [6.07, 6.45) is 0.827. The first-order chi connectivity index (χ1) is 13.0. The Morgan fingerprint density at radius 3 is 2.67 bits per heavy atom. The van der Waals surface area contributed by atoms with Gasteiger partial charge in [-0.2, -0.15) is 5.26 Å². The van der Waals surface area contributed by atoms with Crippen molar-refractivity contribution in [2.24, 2.45) is 5.73 Å². The summed E-state index contributed by atoms with van der Waals surface area (Å²) in [4.78, 5) is 12.6. The van der Waals surface area contributed by atoms with Gasteiger partial charge in [0.05, 0.1) is 31.8 Å². The fourth-order valence-electron chi connectivity index (χ4n) is 2.89. The Bertz CT molecular complexity index is 820. The van der Waals surface area contributed by atoms with Crippen molar-refractivity contribution >= 4 is 5.97 Å². The second-order valence-corrected chi connectivity index (χ2v) is 5.87. The molecule has 2 rings (SSSR count). The summed E-state index contributed by atoms with van der Waals surface area (Å²) in [6, 6.07) is 7.31. The van der Waals surface area contributed by atoms with Gasteiger partial charge >= 0.3 is 5.97 Å². The number of benzene rings is 1. The molecule has 1 atom stereocenters. The zero-order chi connectivity index (χ0) is 20.0. The summed E-state index contributed by atoms with van der Waals surface area (Å²) >= 11 is 0. The molecule has 0 saturated heterocycles. The Morgan fingerprint density at radius 1 is 1.33 bits per heavy atom. The number of esters is 1. The predicted octanol–water partition coefficient (Wildman–Crippen LogP) is 3.13. The fourth-order valence-corrected chi connectivity index (χ4v) is 2.89. The highest BCUT2D eigenvalue weighted by Crippen LogP contribution is 2.42. The van der Waals surface area contributed by atoms with E-state index >= 15 is 0 Å². The van der Waals surface area contributed by atoms with Crippen LogP contribution in [0.1, 0.15) is 38.7 Å². The first-order valence-electron chi connectivity index (χ1n) is 8.74. The SMILES string of the molecule is CCCOc1cc(C2C(C#N)=C(N)OC(C)=C2C(=O)OCC)ccc1OC. The molecule has 0 spiro atoms. The van der Waals surface area contributed by atoms with E-state index in [2.05, 4.69) is 6.07 Å². The molecule has 1 unspecified atom stereocenters. The Labute approximate surface area is 159 Å². The summed E-state index contributed by atoms with van der Waals surface area (Å²) in [5.74, 6) is 0.111. The predicted molar refractivity (Wildman–Crippen MR) is 98.8 cm³/mol. The molecule has 0 amide bonds. The molecule has 27 heavy (non-hydrogen) atoms. The lowest BCUT2D eigenvalue weighted by Gasteiger charge is -2.27. The Balaban J connectivity index is 2.60. The first-order valence-corrected chi connectivity index (χ1v) is 8.74. The van der Waals surface area contributed by atoms with E-state index in [9.17, 15) is 10.1 Å². The van der Waals surface area contributed by atoms with Gasteiger partial charge in [-0.15, -0.1) is 0 Å². The van der Waals surface area contributed by atoms with Crippen molar-refractivity contribution in [3.8, 4) is 17.6 Å². The van der Waals surface area contributed by atoms with Crippen LogP contribution in [0.25, 0.3) is 0 Å². The van der Waals surface area contributed by atoms with Crippen LogP contribution in [0.3, 0.4) is 0 Å². The third-order valence-corrected chi connectivity index (χ3v) is 4.08. The van der Waals surface area contributed by atoms with E-state index in [0.717, 1.165) is 6.42 Å². The smallest absolute Gasteiger partial charge is 0.338 e. The lowest BCUT2D eigenvalue weighted by molar-refractivity contribution is -0.139. The van der Waals surface area contributed by atoms with Crippen molar-refractivity contribution in [2.45, 2.75) is 33.1 Å². The van der Waals surface area contributed by atoms with Crippen LogP contribution >= 0.6 is 0 Å². The average molecular weight is 372 g/mol. The van der Waals surface area contributed by atoms with E-state index in [1.165, 1.54) is 0 Å². The van der Waals surface area contributed by atoms with E-state index in [4.69, 9.17) is 24.7 Å². The number of hydrogen-bond acceptors (Lipinski definition) is 7. The van der Waals surface area contributed by atoms with Crippen molar-refractivity contribution in [3.05, 3.63) is 46.6 Å². The van der Waals surface area contributed by atoms with Crippen LogP contribution in [-0.2, 0) is 14.3 Å². The van der Waals surface area contributed by atoms with Gasteiger partial charge < -0.3 is 24.7 Å².